The van der Waals surface area contributed by atoms with E-state index >= 15 is 0 Å². The first-order valence-electron chi connectivity index (χ1n) is 8.76. The minimum atomic E-state index is -4.08. The molecule has 2 amide bonds. The number of sulfonamides is 1. The fourth-order valence-electron chi connectivity index (χ4n) is 2.31. The van der Waals surface area contributed by atoms with Crippen LogP contribution in [-0.2, 0) is 26.0 Å². The highest BCUT2D eigenvalue weighted by atomic mass is 32.2. The number of benzene rings is 1. The van der Waals surface area contributed by atoms with E-state index < -0.39 is 21.9 Å². The molecule has 0 aliphatic rings. The first-order chi connectivity index (χ1) is 13.7. The van der Waals surface area contributed by atoms with Crippen molar-refractivity contribution in [2.45, 2.75) is 25.2 Å². The molecule has 0 saturated heterocycles. The van der Waals surface area contributed by atoms with Crippen molar-refractivity contribution in [1.29, 1.82) is 0 Å². The molecular weight excluding hydrogens is 398 g/mol. The first-order valence-corrected chi connectivity index (χ1v) is 10.2. The van der Waals surface area contributed by atoms with Crippen LogP contribution in [0.3, 0.4) is 0 Å². The number of nitrogens with zero attached hydrogens (tertiary/aromatic N) is 1. The molecule has 0 unspecified atom stereocenters. The molecule has 0 aliphatic heterocycles. The zero-order valence-electron chi connectivity index (χ0n) is 16.0. The van der Waals surface area contributed by atoms with Crippen molar-refractivity contribution < 1.29 is 27.5 Å². The molecule has 9 nitrogen and oxygen atoms in total. The summed E-state index contributed by atoms with van der Waals surface area (Å²) in [4.78, 5) is 38.4. The summed E-state index contributed by atoms with van der Waals surface area (Å²) >= 11 is 0. The molecule has 0 aliphatic carbocycles. The lowest BCUT2D eigenvalue weighted by atomic mass is 10.1. The molecule has 10 heteroatoms. The van der Waals surface area contributed by atoms with Gasteiger partial charge >= 0.3 is 5.97 Å². The van der Waals surface area contributed by atoms with E-state index in [0.29, 0.717) is 13.0 Å². The van der Waals surface area contributed by atoms with E-state index in [1.54, 1.807) is 19.1 Å². The van der Waals surface area contributed by atoms with Crippen molar-refractivity contribution in [2.24, 2.45) is 0 Å². The predicted molar refractivity (Wildman–Crippen MR) is 104 cm³/mol. The minimum absolute atomic E-state index is 0.0149. The third-order valence-corrected chi connectivity index (χ3v) is 5.11. The van der Waals surface area contributed by atoms with Crippen molar-refractivity contribution >= 4 is 27.8 Å². The summed E-state index contributed by atoms with van der Waals surface area (Å²) in [6, 6.07) is 8.54. The second kappa shape index (κ2) is 9.78. The second-order valence-corrected chi connectivity index (χ2v) is 7.65. The number of nitrogens with one attached hydrogen (secondary N) is 2. The highest BCUT2D eigenvalue weighted by molar-refractivity contribution is 7.90. The molecule has 0 fully saturated rings. The van der Waals surface area contributed by atoms with Crippen LogP contribution in [0, 0.1) is 0 Å². The SMILES string of the molecule is CCOC(=O)c1ccc(C(=O)NS(=O)(=O)c2ccc(CCNC(C)=O)cc2)cn1. The van der Waals surface area contributed by atoms with Gasteiger partial charge in [-0.1, -0.05) is 12.1 Å². The number of ether oxygens (including phenoxy) is 1. The number of rotatable bonds is 8. The topological polar surface area (TPSA) is 132 Å². The Hall–Kier alpha value is -3.27. The Morgan fingerprint density at radius 2 is 1.76 bits per heavy atom. The smallest absolute Gasteiger partial charge is 0.356 e. The normalized spacial score (nSPS) is 10.8. The van der Waals surface area contributed by atoms with Crippen LogP contribution < -0.4 is 10.0 Å². The van der Waals surface area contributed by atoms with Crippen LogP contribution in [0.25, 0.3) is 0 Å². The number of carbonyl (C=O) groups excluding carboxylic acids is 3. The molecule has 1 aromatic carbocycles. The zero-order chi connectivity index (χ0) is 21.4. The molecule has 0 saturated carbocycles. The molecule has 0 spiro atoms. The van der Waals surface area contributed by atoms with E-state index in [-0.39, 0.29) is 28.7 Å². The average Bonchev–Trinajstić information content (AvgIpc) is 2.68. The molecule has 2 aromatic rings. The minimum Gasteiger partial charge on any atom is -0.461 e. The van der Waals surface area contributed by atoms with Crippen LogP contribution in [0.5, 0.6) is 0 Å². The van der Waals surface area contributed by atoms with Gasteiger partial charge in [-0.2, -0.15) is 0 Å². The second-order valence-electron chi connectivity index (χ2n) is 5.96. The summed E-state index contributed by atoms with van der Waals surface area (Å²) in [6.07, 6.45) is 1.65. The Labute approximate surface area is 168 Å². The third-order valence-electron chi connectivity index (χ3n) is 3.76. The molecule has 2 N–H and O–H groups in total. The van der Waals surface area contributed by atoms with E-state index in [4.69, 9.17) is 4.74 Å². The molecule has 1 aromatic heterocycles. The summed E-state index contributed by atoms with van der Waals surface area (Å²) in [5.74, 6) is -1.65. The summed E-state index contributed by atoms with van der Waals surface area (Å²) in [7, 11) is -4.08. The molecule has 0 bridgehead atoms. The molecule has 1 heterocycles. The van der Waals surface area contributed by atoms with Gasteiger partial charge < -0.3 is 10.1 Å². The zero-order valence-corrected chi connectivity index (χ0v) is 16.8. The van der Waals surface area contributed by atoms with Crippen LogP contribution >= 0.6 is 0 Å². The first kappa shape index (κ1) is 22.0. The van der Waals surface area contributed by atoms with Gasteiger partial charge in [-0.25, -0.2) is 22.9 Å². The van der Waals surface area contributed by atoms with E-state index in [9.17, 15) is 22.8 Å². The van der Waals surface area contributed by atoms with Crippen LogP contribution in [0.1, 0.15) is 40.3 Å². The summed E-state index contributed by atoms with van der Waals surface area (Å²) in [5, 5.41) is 2.65. The third kappa shape index (κ3) is 6.39. The Balaban J connectivity index is 2.03. The molecule has 154 valence electrons. The number of hydrogen-bond donors (Lipinski definition) is 2. The summed E-state index contributed by atoms with van der Waals surface area (Å²) < 4.78 is 31.6. The lowest BCUT2D eigenvalue weighted by Crippen LogP contribution is -2.30. The largest absolute Gasteiger partial charge is 0.461 e. The Bertz CT molecular complexity index is 986. The average molecular weight is 419 g/mol. The van der Waals surface area contributed by atoms with Gasteiger partial charge in [-0.15, -0.1) is 0 Å². The van der Waals surface area contributed by atoms with Gasteiger partial charge in [0.2, 0.25) is 5.91 Å². The highest BCUT2D eigenvalue weighted by Gasteiger charge is 2.19. The summed E-state index contributed by atoms with van der Waals surface area (Å²) in [5.41, 5.74) is 0.831. The number of aromatic nitrogens is 1. The van der Waals surface area contributed by atoms with Gasteiger partial charge in [0.05, 0.1) is 17.1 Å². The number of carbonyl (C=O) groups is 3. The quantitative estimate of drug-likeness (QED) is 0.612. The van der Waals surface area contributed by atoms with Crippen molar-refractivity contribution in [2.75, 3.05) is 13.2 Å². The van der Waals surface area contributed by atoms with Gasteiger partial charge in [0.1, 0.15) is 5.69 Å². The van der Waals surface area contributed by atoms with Gasteiger partial charge in [-0.05, 0) is 43.2 Å². The number of hydrogen-bond acceptors (Lipinski definition) is 7. The van der Waals surface area contributed by atoms with Crippen LogP contribution in [0.2, 0.25) is 0 Å². The van der Waals surface area contributed by atoms with E-state index in [0.717, 1.165) is 11.8 Å². The maximum Gasteiger partial charge on any atom is 0.356 e. The lowest BCUT2D eigenvalue weighted by Gasteiger charge is -2.08. The van der Waals surface area contributed by atoms with Crippen molar-refractivity contribution in [3.05, 3.63) is 59.4 Å². The maximum absolute atomic E-state index is 12.4. The number of amides is 2. The van der Waals surface area contributed by atoms with E-state index in [1.807, 2.05) is 4.72 Å². The summed E-state index contributed by atoms with van der Waals surface area (Å²) in [6.45, 7) is 3.69. The Kier molecular flexibility index (Phi) is 7.43. The van der Waals surface area contributed by atoms with Crippen LogP contribution in [0.4, 0.5) is 0 Å². The molecule has 29 heavy (non-hydrogen) atoms. The van der Waals surface area contributed by atoms with Crippen molar-refractivity contribution in [3.8, 4) is 0 Å². The number of esters is 1. The van der Waals surface area contributed by atoms with E-state index in [2.05, 4.69) is 10.3 Å². The standard InChI is InChI=1S/C19H21N3O6S/c1-3-28-19(25)17-9-6-15(12-21-17)18(24)22-29(26,27)16-7-4-14(5-8-16)10-11-20-13(2)23/h4-9,12H,3,10-11H2,1-2H3,(H,20,23)(H,22,24). The van der Waals surface area contributed by atoms with Crippen LogP contribution in [0.15, 0.2) is 47.5 Å². The van der Waals surface area contributed by atoms with Gasteiger partial charge in [0, 0.05) is 19.7 Å². The fraction of sp³-hybridized carbons (Fsp3) is 0.263. The number of pyridine rings is 1. The highest BCUT2D eigenvalue weighted by Crippen LogP contribution is 2.12. The fourth-order valence-corrected chi connectivity index (χ4v) is 3.29. The molecule has 0 radical (unpaired) electrons. The van der Waals surface area contributed by atoms with Crippen LogP contribution in [-0.4, -0.2) is 44.3 Å². The Morgan fingerprint density at radius 3 is 2.31 bits per heavy atom. The predicted octanol–water partition coefficient (Wildman–Crippen LogP) is 1.06. The monoisotopic (exact) mass is 419 g/mol. The van der Waals surface area contributed by atoms with Gasteiger partial charge in [0.15, 0.2) is 0 Å². The Morgan fingerprint density at radius 1 is 1.07 bits per heavy atom. The van der Waals surface area contributed by atoms with Crippen molar-refractivity contribution in [3.63, 3.8) is 0 Å². The maximum atomic E-state index is 12.4. The molecular formula is C19H21N3O6S. The van der Waals surface area contributed by atoms with E-state index in [1.165, 1.54) is 31.2 Å². The van der Waals surface area contributed by atoms with Gasteiger partial charge in [-0.3, -0.25) is 9.59 Å². The molecule has 0 atom stereocenters. The molecule has 2 rings (SSSR count). The lowest BCUT2D eigenvalue weighted by molar-refractivity contribution is -0.118. The van der Waals surface area contributed by atoms with Gasteiger partial charge in [0.25, 0.3) is 15.9 Å². The van der Waals surface area contributed by atoms with Crippen molar-refractivity contribution in [1.82, 2.24) is 15.0 Å².